The van der Waals surface area contributed by atoms with Gasteiger partial charge in [0.05, 0.1) is 5.52 Å². The number of halogens is 1. The summed E-state index contributed by atoms with van der Waals surface area (Å²) in [4.78, 5) is 17.2. The number of aromatic nitrogens is 2. The van der Waals surface area contributed by atoms with Gasteiger partial charge in [0.1, 0.15) is 0 Å². The average molecular weight is 414 g/mol. The van der Waals surface area contributed by atoms with Crippen LogP contribution in [0.2, 0.25) is 0 Å². The molecule has 7 heteroatoms. The fraction of sp³-hybridized carbons (Fsp3) is 0.263. The van der Waals surface area contributed by atoms with Crippen molar-refractivity contribution in [3.05, 3.63) is 52.5 Å². The van der Waals surface area contributed by atoms with Crippen LogP contribution in [-0.2, 0) is 0 Å². The van der Waals surface area contributed by atoms with Crippen LogP contribution in [0.15, 0.2) is 46.9 Å². The fourth-order valence-electron chi connectivity index (χ4n) is 3.16. The van der Waals surface area contributed by atoms with Crippen molar-refractivity contribution in [2.75, 3.05) is 43.4 Å². The minimum Gasteiger partial charge on any atom is -0.369 e. The van der Waals surface area contributed by atoms with Gasteiger partial charge in [-0.05, 0) is 49.5 Å². The molecule has 0 bridgehead atoms. The van der Waals surface area contributed by atoms with Crippen molar-refractivity contribution in [2.45, 2.75) is 0 Å². The van der Waals surface area contributed by atoms with Gasteiger partial charge in [0.15, 0.2) is 5.82 Å². The van der Waals surface area contributed by atoms with Crippen molar-refractivity contribution in [1.29, 1.82) is 0 Å². The number of anilines is 2. The summed E-state index contributed by atoms with van der Waals surface area (Å²) in [5.74, 6) is 0.381. The molecule has 0 saturated carbocycles. The number of hydrogen-bond acceptors (Lipinski definition) is 4. The van der Waals surface area contributed by atoms with Crippen LogP contribution in [0, 0.1) is 0 Å². The van der Waals surface area contributed by atoms with Crippen molar-refractivity contribution in [3.8, 4) is 0 Å². The van der Waals surface area contributed by atoms with Gasteiger partial charge < -0.3 is 15.1 Å². The first-order valence-corrected chi connectivity index (χ1v) is 9.38. The molecule has 2 aromatic carbocycles. The van der Waals surface area contributed by atoms with Gasteiger partial charge in [-0.15, -0.1) is 0 Å². The molecule has 0 unspecified atom stereocenters. The number of likely N-dealkylation sites (N-methyl/N-ethyl adjacent to an activating group) is 1. The van der Waals surface area contributed by atoms with E-state index in [9.17, 15) is 4.79 Å². The highest BCUT2D eigenvalue weighted by atomic mass is 79.9. The zero-order valence-corrected chi connectivity index (χ0v) is 16.1. The second kappa shape index (κ2) is 7.09. The normalized spacial score (nSPS) is 15.4. The van der Waals surface area contributed by atoms with Crippen molar-refractivity contribution >= 4 is 44.2 Å². The number of piperazine rings is 1. The number of rotatable bonds is 3. The van der Waals surface area contributed by atoms with Crippen LogP contribution in [0.4, 0.5) is 11.5 Å². The summed E-state index contributed by atoms with van der Waals surface area (Å²) in [5, 5.41) is 10.9. The zero-order chi connectivity index (χ0) is 18.1. The molecule has 2 heterocycles. The minimum absolute atomic E-state index is 0.161. The van der Waals surface area contributed by atoms with E-state index in [1.54, 1.807) is 0 Å². The Hall–Kier alpha value is -2.38. The van der Waals surface area contributed by atoms with Crippen molar-refractivity contribution in [1.82, 2.24) is 15.1 Å². The number of benzene rings is 2. The molecule has 134 valence electrons. The number of carbonyl (C=O) groups is 1. The molecule has 0 aliphatic carbocycles. The maximum Gasteiger partial charge on any atom is 0.256 e. The second-order valence-electron chi connectivity index (χ2n) is 6.55. The van der Waals surface area contributed by atoms with E-state index in [-0.39, 0.29) is 5.91 Å². The Morgan fingerprint density at radius 2 is 1.85 bits per heavy atom. The Kier molecular flexibility index (Phi) is 4.65. The van der Waals surface area contributed by atoms with E-state index in [0.29, 0.717) is 11.4 Å². The van der Waals surface area contributed by atoms with E-state index in [0.717, 1.165) is 47.2 Å². The molecule has 2 N–H and O–H groups in total. The lowest BCUT2D eigenvalue weighted by Gasteiger charge is -2.34. The Bertz CT molecular complexity index is 929. The van der Waals surface area contributed by atoms with E-state index in [4.69, 9.17) is 0 Å². The summed E-state index contributed by atoms with van der Waals surface area (Å²) in [6.07, 6.45) is 0. The molecule has 6 nitrogen and oxygen atoms in total. The molecule has 3 aromatic rings. The van der Waals surface area contributed by atoms with Crippen LogP contribution >= 0.6 is 15.9 Å². The first kappa shape index (κ1) is 17.1. The van der Waals surface area contributed by atoms with Gasteiger partial charge in [0.25, 0.3) is 5.91 Å². The number of hydrogen-bond donors (Lipinski definition) is 2. The Balaban J connectivity index is 1.47. The zero-order valence-electron chi connectivity index (χ0n) is 14.5. The molecule has 1 aliphatic heterocycles. The highest BCUT2D eigenvalue weighted by Gasteiger charge is 2.15. The van der Waals surface area contributed by atoms with Crippen LogP contribution < -0.4 is 10.2 Å². The topological polar surface area (TPSA) is 64.3 Å². The first-order valence-electron chi connectivity index (χ1n) is 8.59. The van der Waals surface area contributed by atoms with Crippen LogP contribution in [0.25, 0.3) is 10.9 Å². The van der Waals surface area contributed by atoms with Crippen LogP contribution in [-0.4, -0.2) is 54.2 Å². The predicted molar refractivity (Wildman–Crippen MR) is 108 cm³/mol. The third-order valence-corrected chi connectivity index (χ3v) is 5.25. The maximum atomic E-state index is 12.6. The number of aromatic amines is 1. The molecular formula is C19H20BrN5O. The molecule has 26 heavy (non-hydrogen) atoms. The van der Waals surface area contributed by atoms with Gasteiger partial charge in [0, 0.05) is 47.3 Å². The van der Waals surface area contributed by atoms with Gasteiger partial charge in [0.2, 0.25) is 0 Å². The molecule has 1 saturated heterocycles. The van der Waals surface area contributed by atoms with Gasteiger partial charge in [-0.3, -0.25) is 9.89 Å². The van der Waals surface area contributed by atoms with E-state index in [1.165, 1.54) is 0 Å². The van der Waals surface area contributed by atoms with Gasteiger partial charge >= 0.3 is 0 Å². The van der Waals surface area contributed by atoms with Crippen molar-refractivity contribution < 1.29 is 4.79 Å². The minimum atomic E-state index is -0.161. The number of nitrogens with one attached hydrogen (secondary N) is 2. The lowest BCUT2D eigenvalue weighted by atomic mass is 10.1. The summed E-state index contributed by atoms with van der Waals surface area (Å²) in [7, 11) is 2.14. The summed E-state index contributed by atoms with van der Waals surface area (Å²) in [6.45, 7) is 4.14. The fourth-order valence-corrected chi connectivity index (χ4v) is 3.52. The molecule has 1 aromatic heterocycles. The second-order valence-corrected chi connectivity index (χ2v) is 7.47. The number of H-pyrrole nitrogens is 1. The lowest BCUT2D eigenvalue weighted by molar-refractivity contribution is 0.102. The average Bonchev–Trinajstić information content (AvgIpc) is 3.04. The number of fused-ring (bicyclic) bond motifs is 1. The van der Waals surface area contributed by atoms with E-state index < -0.39 is 0 Å². The Labute approximate surface area is 160 Å². The summed E-state index contributed by atoms with van der Waals surface area (Å²) in [5.41, 5.74) is 2.65. The third kappa shape index (κ3) is 3.45. The SMILES string of the molecule is CN1CCN(c2ccc(C(=O)Nc3n[nH]c4cc(Br)ccc34)cc2)CC1. The molecular weight excluding hydrogens is 394 g/mol. The molecule has 4 rings (SSSR count). The van der Waals surface area contributed by atoms with Gasteiger partial charge in [-0.2, -0.15) is 5.10 Å². The molecule has 0 atom stereocenters. The Morgan fingerprint density at radius 3 is 2.58 bits per heavy atom. The smallest absolute Gasteiger partial charge is 0.256 e. The predicted octanol–water partition coefficient (Wildman–Crippen LogP) is 3.33. The monoisotopic (exact) mass is 413 g/mol. The largest absolute Gasteiger partial charge is 0.369 e. The van der Waals surface area contributed by atoms with Crippen molar-refractivity contribution in [2.24, 2.45) is 0 Å². The molecule has 1 amide bonds. The van der Waals surface area contributed by atoms with Gasteiger partial charge in [-0.25, -0.2) is 0 Å². The van der Waals surface area contributed by atoms with Gasteiger partial charge in [-0.1, -0.05) is 15.9 Å². The summed E-state index contributed by atoms with van der Waals surface area (Å²) >= 11 is 3.43. The highest BCUT2D eigenvalue weighted by Crippen LogP contribution is 2.24. The van der Waals surface area contributed by atoms with Crippen molar-refractivity contribution in [3.63, 3.8) is 0 Å². The highest BCUT2D eigenvalue weighted by molar-refractivity contribution is 9.10. The van der Waals surface area contributed by atoms with E-state index in [1.807, 2.05) is 42.5 Å². The van der Waals surface area contributed by atoms with Crippen LogP contribution in [0.5, 0.6) is 0 Å². The molecule has 0 radical (unpaired) electrons. The number of carbonyl (C=O) groups excluding carboxylic acids is 1. The first-order chi connectivity index (χ1) is 12.6. The van der Waals surface area contributed by atoms with E-state index in [2.05, 4.69) is 48.3 Å². The lowest BCUT2D eigenvalue weighted by Crippen LogP contribution is -2.44. The Morgan fingerprint density at radius 1 is 1.12 bits per heavy atom. The molecule has 0 spiro atoms. The maximum absolute atomic E-state index is 12.6. The standard InChI is InChI=1S/C19H20BrN5O/c1-24-8-10-25(11-9-24)15-5-2-13(3-6-15)19(26)21-18-16-7-4-14(20)12-17(16)22-23-18/h2-7,12H,8-11H2,1H3,(H2,21,22,23,26). The molecule has 1 fully saturated rings. The van der Waals surface area contributed by atoms with Crippen LogP contribution in [0.3, 0.4) is 0 Å². The summed E-state index contributed by atoms with van der Waals surface area (Å²) in [6, 6.07) is 13.6. The number of amides is 1. The summed E-state index contributed by atoms with van der Waals surface area (Å²) < 4.78 is 0.964. The number of nitrogens with zero attached hydrogens (tertiary/aromatic N) is 3. The molecule has 1 aliphatic rings. The van der Waals surface area contributed by atoms with E-state index >= 15 is 0 Å². The quantitative estimate of drug-likeness (QED) is 0.690. The third-order valence-electron chi connectivity index (χ3n) is 4.75. The van der Waals surface area contributed by atoms with Crippen LogP contribution in [0.1, 0.15) is 10.4 Å².